The Labute approximate surface area is 74.2 Å². The summed E-state index contributed by atoms with van der Waals surface area (Å²) < 4.78 is 4.47. The number of fused-ring (bicyclic) bond motifs is 5. The molecule has 0 aromatic carbocycles. The van der Waals surface area contributed by atoms with Crippen molar-refractivity contribution in [2.24, 2.45) is 7.05 Å². The van der Waals surface area contributed by atoms with Gasteiger partial charge in [0.1, 0.15) is 0 Å². The number of hydrogen-bond acceptors (Lipinski definition) is 2. The molecule has 0 spiro atoms. The van der Waals surface area contributed by atoms with Gasteiger partial charge < -0.3 is 0 Å². The molecule has 0 N–H and O–H groups in total. The number of rotatable bonds is 0. The molecular weight excluding hydrogens is 170 g/mol. The molecule has 0 radical (unpaired) electrons. The number of aromatic nitrogens is 3. The van der Waals surface area contributed by atoms with Crippen molar-refractivity contribution in [3.63, 3.8) is 0 Å². The second-order valence-electron chi connectivity index (χ2n) is 3.93. The van der Waals surface area contributed by atoms with E-state index in [2.05, 4.69) is 0 Å². The Bertz CT molecular complexity index is 437. The number of hydrogen-bond donors (Lipinski definition) is 0. The van der Waals surface area contributed by atoms with Gasteiger partial charge in [0.15, 0.2) is 0 Å². The summed E-state index contributed by atoms with van der Waals surface area (Å²) in [5.74, 6) is 0. The van der Waals surface area contributed by atoms with Crippen molar-refractivity contribution < 1.29 is 0 Å². The van der Waals surface area contributed by atoms with E-state index < -0.39 is 0 Å². The van der Waals surface area contributed by atoms with E-state index >= 15 is 0 Å². The van der Waals surface area contributed by atoms with Crippen LogP contribution in [-0.2, 0) is 7.05 Å². The maximum Gasteiger partial charge on any atom is 0.347 e. The second kappa shape index (κ2) is 1.97. The molecule has 2 atom stereocenters. The first kappa shape index (κ1) is 7.17. The quantitative estimate of drug-likeness (QED) is 0.548. The summed E-state index contributed by atoms with van der Waals surface area (Å²) in [5, 5.41) is 0. The fourth-order valence-electron chi connectivity index (χ4n) is 2.62. The Morgan fingerprint density at radius 3 is 2.00 bits per heavy atom. The molecule has 0 unspecified atom stereocenters. The zero-order valence-corrected chi connectivity index (χ0v) is 7.43. The van der Waals surface area contributed by atoms with Crippen molar-refractivity contribution in [1.82, 2.24) is 13.9 Å². The maximum atomic E-state index is 11.6. The third-order valence-corrected chi connectivity index (χ3v) is 3.27. The van der Waals surface area contributed by atoms with Crippen molar-refractivity contribution in [2.45, 2.75) is 31.3 Å². The van der Waals surface area contributed by atoms with Crippen LogP contribution < -0.4 is 11.4 Å². The third-order valence-electron chi connectivity index (χ3n) is 3.27. The lowest BCUT2D eigenvalue weighted by molar-refractivity contribution is 0.374. The van der Waals surface area contributed by atoms with Crippen LogP contribution in [-0.4, -0.2) is 13.9 Å². The smallest absolute Gasteiger partial charge is 0.246 e. The molecule has 1 aliphatic carbocycles. The minimum atomic E-state index is -0.155. The van der Waals surface area contributed by atoms with Gasteiger partial charge in [-0.1, -0.05) is 0 Å². The summed E-state index contributed by atoms with van der Waals surface area (Å²) in [6, 6.07) is 0.567. The van der Waals surface area contributed by atoms with Crippen LogP contribution in [0, 0.1) is 0 Å². The van der Waals surface area contributed by atoms with Crippen LogP contribution in [0.2, 0.25) is 0 Å². The van der Waals surface area contributed by atoms with Crippen LogP contribution in [0.5, 0.6) is 0 Å². The lowest BCUT2D eigenvalue weighted by Crippen LogP contribution is -2.27. The topological polar surface area (TPSA) is 48.9 Å². The Morgan fingerprint density at radius 2 is 1.54 bits per heavy atom. The van der Waals surface area contributed by atoms with Crippen molar-refractivity contribution in [3.8, 4) is 0 Å². The maximum absolute atomic E-state index is 11.6. The largest absolute Gasteiger partial charge is 0.347 e. The number of nitrogens with zero attached hydrogens (tertiary/aromatic N) is 3. The summed E-state index contributed by atoms with van der Waals surface area (Å²) in [4.78, 5) is 23.2. The molecule has 5 heteroatoms. The highest BCUT2D eigenvalue weighted by molar-refractivity contribution is 4.94. The van der Waals surface area contributed by atoms with Crippen LogP contribution in [0.25, 0.3) is 0 Å². The van der Waals surface area contributed by atoms with Gasteiger partial charge in [0.05, 0.1) is 12.1 Å². The molecule has 1 fully saturated rings. The summed E-state index contributed by atoms with van der Waals surface area (Å²) in [5.41, 5.74) is -0.311. The molecule has 2 heterocycles. The molecule has 1 aromatic heterocycles. The van der Waals surface area contributed by atoms with Gasteiger partial charge in [-0.05, 0) is 19.3 Å². The average molecular weight is 181 g/mol. The van der Waals surface area contributed by atoms with Crippen LogP contribution >= 0.6 is 0 Å². The lowest BCUT2D eigenvalue weighted by atomic mass is 10.3. The van der Waals surface area contributed by atoms with Crippen LogP contribution in [0.3, 0.4) is 0 Å². The summed E-state index contributed by atoms with van der Waals surface area (Å²) in [6.45, 7) is 0. The first-order chi connectivity index (χ1) is 6.20. The first-order valence-electron chi connectivity index (χ1n) is 4.60. The SMILES string of the molecule is Cn1c(=O)n2n(c1=O)[C@@H]1CC[C@@H]2C1. The van der Waals surface area contributed by atoms with Gasteiger partial charge in [-0.2, -0.15) is 0 Å². The summed E-state index contributed by atoms with van der Waals surface area (Å²) in [7, 11) is 1.54. The van der Waals surface area contributed by atoms with E-state index in [4.69, 9.17) is 0 Å². The van der Waals surface area contributed by atoms with Gasteiger partial charge >= 0.3 is 11.4 Å². The van der Waals surface area contributed by atoms with Crippen LogP contribution in [0.1, 0.15) is 31.3 Å². The molecule has 1 aromatic rings. The molecule has 1 saturated carbocycles. The van der Waals surface area contributed by atoms with E-state index in [1.165, 1.54) is 4.57 Å². The highest BCUT2D eigenvalue weighted by Crippen LogP contribution is 2.41. The van der Waals surface area contributed by atoms with Crippen LogP contribution in [0.4, 0.5) is 0 Å². The van der Waals surface area contributed by atoms with Crippen LogP contribution in [0.15, 0.2) is 9.59 Å². The van der Waals surface area contributed by atoms with E-state index in [1.807, 2.05) is 0 Å². The fraction of sp³-hybridized carbons (Fsp3) is 0.750. The van der Waals surface area contributed by atoms with E-state index in [1.54, 1.807) is 16.4 Å². The highest BCUT2D eigenvalue weighted by Gasteiger charge is 2.40. The zero-order valence-electron chi connectivity index (χ0n) is 7.43. The Kier molecular flexibility index (Phi) is 1.09. The monoisotopic (exact) mass is 181 g/mol. The molecule has 0 saturated heterocycles. The minimum Gasteiger partial charge on any atom is -0.246 e. The third kappa shape index (κ3) is 0.642. The highest BCUT2D eigenvalue weighted by atomic mass is 16.2. The molecule has 70 valence electrons. The summed E-state index contributed by atoms with van der Waals surface area (Å²) in [6.07, 6.45) is 3.08. The van der Waals surface area contributed by atoms with Gasteiger partial charge in [0, 0.05) is 7.05 Å². The molecule has 13 heavy (non-hydrogen) atoms. The van der Waals surface area contributed by atoms with Gasteiger partial charge in [0.25, 0.3) is 0 Å². The van der Waals surface area contributed by atoms with Gasteiger partial charge in [-0.15, -0.1) is 0 Å². The minimum absolute atomic E-state index is 0.155. The average Bonchev–Trinajstić information content (AvgIpc) is 2.76. The van der Waals surface area contributed by atoms with E-state index in [0.29, 0.717) is 0 Å². The van der Waals surface area contributed by atoms with Crippen molar-refractivity contribution in [2.75, 3.05) is 0 Å². The van der Waals surface area contributed by atoms with E-state index in [0.717, 1.165) is 19.3 Å². The van der Waals surface area contributed by atoms with Gasteiger partial charge in [0.2, 0.25) is 0 Å². The molecule has 3 rings (SSSR count). The van der Waals surface area contributed by atoms with Gasteiger partial charge in [-0.25, -0.2) is 23.5 Å². The van der Waals surface area contributed by atoms with E-state index in [-0.39, 0.29) is 23.5 Å². The van der Waals surface area contributed by atoms with E-state index in [9.17, 15) is 9.59 Å². The summed E-state index contributed by atoms with van der Waals surface area (Å²) >= 11 is 0. The molecule has 2 aliphatic rings. The van der Waals surface area contributed by atoms with Gasteiger partial charge in [-0.3, -0.25) is 0 Å². The fourth-order valence-corrected chi connectivity index (χ4v) is 2.62. The Morgan fingerprint density at radius 1 is 1.08 bits per heavy atom. The molecule has 5 nitrogen and oxygen atoms in total. The Hall–Kier alpha value is -1.26. The second-order valence-corrected chi connectivity index (χ2v) is 3.93. The zero-order chi connectivity index (χ0) is 9.16. The predicted octanol–water partition coefficient (Wildman–Crippen LogP) is -0.372. The van der Waals surface area contributed by atoms with Crippen molar-refractivity contribution in [1.29, 1.82) is 0 Å². The molecule has 1 aliphatic heterocycles. The first-order valence-corrected chi connectivity index (χ1v) is 4.60. The predicted molar refractivity (Wildman–Crippen MR) is 45.9 cm³/mol. The standard InChI is InChI=1S/C8H11N3O2/c1-9-7(12)10-5-2-3-6(4-5)11(10)8(9)13/h5-6H,2-4H2,1H3/t5-,6-/m1/s1. The van der Waals surface area contributed by atoms with Crippen molar-refractivity contribution >= 4 is 0 Å². The molecule has 2 bridgehead atoms. The van der Waals surface area contributed by atoms with Crippen molar-refractivity contribution in [3.05, 3.63) is 21.0 Å². The Balaban J connectivity index is 2.44. The molecule has 0 amide bonds. The molecular formula is C8H11N3O2. The lowest BCUT2D eigenvalue weighted by Gasteiger charge is -2.13. The normalized spacial score (nSPS) is 29.6.